The summed E-state index contributed by atoms with van der Waals surface area (Å²) < 4.78 is 0. The van der Waals surface area contributed by atoms with Gasteiger partial charge in [0.25, 0.3) is 0 Å². The molecular formula is C70H56Cl4O8S8. The predicted molar refractivity (Wildman–Crippen MR) is 380 cm³/mol. The molecule has 8 heterocycles. The molecule has 16 rings (SSSR count). The zero-order valence-electron chi connectivity index (χ0n) is 49.4. The summed E-state index contributed by atoms with van der Waals surface area (Å²) in [6.45, 7) is 12.0. The molecule has 8 aliphatic heterocycles. The van der Waals surface area contributed by atoms with Gasteiger partial charge in [0.15, 0.2) is 46.3 Å². The Morgan fingerprint density at radius 1 is 0.278 bits per heavy atom. The van der Waals surface area contributed by atoms with E-state index >= 15 is 0 Å². The smallest absolute Gasteiger partial charge is 0.175 e. The molecule has 460 valence electrons. The zero-order valence-corrected chi connectivity index (χ0v) is 59.0. The molecule has 90 heavy (non-hydrogen) atoms. The minimum absolute atomic E-state index is 0.127. The van der Waals surface area contributed by atoms with Crippen molar-refractivity contribution in [1.29, 1.82) is 0 Å². The molecule has 8 aromatic rings. The first kappa shape index (κ1) is 69.4. The number of Topliss-reactive ketones (excluding diaryl/α,β-unsaturated/α-hetero) is 8. The second-order valence-electron chi connectivity index (χ2n) is 21.1. The van der Waals surface area contributed by atoms with E-state index in [9.17, 15) is 38.4 Å². The number of thioether (sulfide) groups is 8. The number of ketones is 8. The number of benzene rings is 8. The van der Waals surface area contributed by atoms with Crippen LogP contribution >= 0.6 is 140 Å². The van der Waals surface area contributed by atoms with Crippen molar-refractivity contribution in [2.75, 3.05) is 46.0 Å². The molecule has 8 nitrogen and oxygen atoms in total. The van der Waals surface area contributed by atoms with E-state index in [1.165, 1.54) is 34.0 Å². The van der Waals surface area contributed by atoms with Gasteiger partial charge in [-0.15, -0.1) is 94.1 Å². The third kappa shape index (κ3) is 17.3. The van der Waals surface area contributed by atoms with Gasteiger partial charge >= 0.3 is 0 Å². The fraction of sp³-hybridized carbons (Fsp3) is 0.200. The van der Waals surface area contributed by atoms with E-state index in [1.54, 1.807) is 101 Å². The van der Waals surface area contributed by atoms with Crippen molar-refractivity contribution in [3.8, 4) is 0 Å². The molecule has 0 bridgehead atoms. The van der Waals surface area contributed by atoms with Crippen LogP contribution in [0, 0.1) is 41.5 Å². The highest BCUT2D eigenvalue weighted by atomic mass is 35.5. The van der Waals surface area contributed by atoms with Crippen molar-refractivity contribution >= 4 is 187 Å². The SMILES string of the molecule is Cc1c(Cl)cc(Cl)c2c1C(=O)CS2.Cc1ccc(Cl)c2c1SCC2=O.Cc1ccc2c(c1)C(=O)CS2.Cc1ccc2c(c1)SCC2=O.Cc1ccc2c(c1)SCC2=O.Cc1ccc2c(c1)SCC2=O.O=C1CSc2ccc(Cl)cc21.O=C1CSc2ccccc21. The number of carbonyl (C=O) groups is 8. The highest BCUT2D eigenvalue weighted by molar-refractivity contribution is 8.02. The second-order valence-corrected chi connectivity index (χ2v) is 30.8. The van der Waals surface area contributed by atoms with Crippen LogP contribution in [0.3, 0.4) is 0 Å². The topological polar surface area (TPSA) is 137 Å². The van der Waals surface area contributed by atoms with Crippen molar-refractivity contribution < 1.29 is 38.4 Å². The highest BCUT2D eigenvalue weighted by Crippen LogP contribution is 2.43. The second kappa shape index (κ2) is 31.8. The number of halogens is 4. The van der Waals surface area contributed by atoms with Crippen LogP contribution in [0.4, 0.5) is 0 Å². The summed E-state index contributed by atoms with van der Waals surface area (Å²) >= 11 is 36.3. The standard InChI is InChI=1S/C9H6Cl2OS.C9H7ClOS.4C9H8OS.C8H5ClOS.C8H6OS/c1-4-5(10)2-6(11)9-8(4)7(12)3-13-9;1-5-2-3-6(10)8-7(11)4-12-9(5)8;1-6-2-3-9-7(4-6)8(10)5-11-9;3*1-6-2-3-7-8(10)5-11-9(7)4-6;9-5-1-2-8-6(3-5)7(10)4-11-8;9-7-5-10-8-4-2-1-3-6(7)8/h2H,3H2,1H3;2-3H,4H2,1H3;4*2-4H,5H2,1H3;1-3H,4H2;1-4H,5H2. The Labute approximate surface area is 577 Å². The van der Waals surface area contributed by atoms with Gasteiger partial charge in [-0.1, -0.05) is 100 Å². The third-order valence-corrected chi connectivity index (χ3v) is 24.4. The molecule has 0 N–H and O–H groups in total. The maximum atomic E-state index is 11.5. The molecule has 20 heteroatoms. The molecule has 0 aromatic heterocycles. The summed E-state index contributed by atoms with van der Waals surface area (Å²) in [4.78, 5) is 98.3. The molecule has 0 spiro atoms. The van der Waals surface area contributed by atoms with Gasteiger partial charge in [-0.3, -0.25) is 38.4 Å². The van der Waals surface area contributed by atoms with Crippen molar-refractivity contribution in [3.05, 3.63) is 231 Å². The lowest BCUT2D eigenvalue weighted by Gasteiger charge is -2.05. The van der Waals surface area contributed by atoms with Gasteiger partial charge in [0, 0.05) is 88.2 Å². The fourth-order valence-corrected chi connectivity index (χ4v) is 18.8. The van der Waals surface area contributed by atoms with E-state index in [0.717, 1.165) is 89.2 Å². The molecule has 0 aliphatic carbocycles. The number of rotatable bonds is 0. The third-order valence-electron chi connectivity index (χ3n) is 14.3. The maximum absolute atomic E-state index is 11.5. The number of hydrogen-bond acceptors (Lipinski definition) is 16. The number of carbonyl (C=O) groups excluding carboxylic acids is 8. The molecule has 0 fully saturated rings. The van der Waals surface area contributed by atoms with Crippen LogP contribution in [0.5, 0.6) is 0 Å². The summed E-state index contributed by atoms with van der Waals surface area (Å²) in [6.07, 6.45) is 0. The van der Waals surface area contributed by atoms with Gasteiger partial charge in [0.1, 0.15) is 0 Å². The average molecular weight is 1420 g/mol. The normalized spacial score (nSPS) is 15.1. The lowest BCUT2D eigenvalue weighted by Crippen LogP contribution is -1.98. The first-order chi connectivity index (χ1) is 43.0. The van der Waals surface area contributed by atoms with Crippen LogP contribution < -0.4 is 0 Å². The van der Waals surface area contributed by atoms with Gasteiger partial charge < -0.3 is 0 Å². The van der Waals surface area contributed by atoms with Gasteiger partial charge in [-0.2, -0.15) is 0 Å². The first-order valence-electron chi connectivity index (χ1n) is 27.9. The lowest BCUT2D eigenvalue weighted by atomic mass is 10.1. The van der Waals surface area contributed by atoms with Crippen LogP contribution in [0.15, 0.2) is 173 Å². The van der Waals surface area contributed by atoms with Crippen LogP contribution in [-0.2, 0) is 0 Å². The van der Waals surface area contributed by atoms with Crippen molar-refractivity contribution in [2.45, 2.75) is 80.7 Å². The molecule has 8 aromatic carbocycles. The Morgan fingerprint density at radius 3 is 1.12 bits per heavy atom. The van der Waals surface area contributed by atoms with Gasteiger partial charge in [0.05, 0.1) is 61.6 Å². The summed E-state index contributed by atoms with van der Waals surface area (Å²) in [7, 11) is 0. The molecule has 0 atom stereocenters. The zero-order chi connectivity index (χ0) is 64.5. The molecule has 8 aliphatic rings. The quantitative estimate of drug-likeness (QED) is 0.142. The Kier molecular flexibility index (Phi) is 24.5. The van der Waals surface area contributed by atoms with Crippen LogP contribution in [0.1, 0.15) is 116 Å². The van der Waals surface area contributed by atoms with E-state index in [1.807, 2.05) is 139 Å². The number of hydrogen-bond donors (Lipinski definition) is 0. The van der Waals surface area contributed by atoms with Crippen molar-refractivity contribution in [2.24, 2.45) is 0 Å². The summed E-state index contributed by atoms with van der Waals surface area (Å²) in [6, 6.07) is 42.6. The van der Waals surface area contributed by atoms with E-state index in [4.69, 9.17) is 46.4 Å². The van der Waals surface area contributed by atoms with Crippen LogP contribution in [0.25, 0.3) is 0 Å². The summed E-state index contributed by atoms with van der Waals surface area (Å²) in [5.74, 6) is 6.52. The van der Waals surface area contributed by atoms with Gasteiger partial charge in [-0.05, 0) is 154 Å². The summed E-state index contributed by atoms with van der Waals surface area (Å²) in [5.41, 5.74) is 13.6. The van der Waals surface area contributed by atoms with Crippen LogP contribution in [-0.4, -0.2) is 92.3 Å². The van der Waals surface area contributed by atoms with Crippen molar-refractivity contribution in [3.63, 3.8) is 0 Å². The van der Waals surface area contributed by atoms with E-state index in [-0.39, 0.29) is 46.3 Å². The van der Waals surface area contributed by atoms with Gasteiger partial charge in [-0.25, -0.2) is 0 Å². The molecule has 0 saturated heterocycles. The van der Waals surface area contributed by atoms with E-state index in [2.05, 4.69) is 18.2 Å². The Hall–Kier alpha value is -4.92. The maximum Gasteiger partial charge on any atom is 0.175 e. The Morgan fingerprint density at radius 2 is 0.644 bits per heavy atom. The largest absolute Gasteiger partial charge is 0.293 e. The van der Waals surface area contributed by atoms with E-state index in [0.29, 0.717) is 71.7 Å². The minimum atomic E-state index is 0.127. The highest BCUT2D eigenvalue weighted by Gasteiger charge is 2.28. The molecule has 0 amide bonds. The monoisotopic (exact) mass is 1420 g/mol. The molecule has 0 radical (unpaired) electrons. The number of aryl methyl sites for hydroxylation is 5. The molecular weight excluding hydrogens is 1370 g/mol. The summed E-state index contributed by atoms with van der Waals surface area (Å²) in [5, 5.41) is 2.38. The average Bonchev–Trinajstić information content (AvgIpc) is 2.19. The van der Waals surface area contributed by atoms with Crippen LogP contribution in [0.2, 0.25) is 20.1 Å². The van der Waals surface area contributed by atoms with Gasteiger partial charge in [0.2, 0.25) is 0 Å². The van der Waals surface area contributed by atoms with Crippen molar-refractivity contribution in [1.82, 2.24) is 0 Å². The lowest BCUT2D eigenvalue weighted by molar-refractivity contribution is 0.101. The first-order valence-corrected chi connectivity index (χ1v) is 37.3. The minimum Gasteiger partial charge on any atom is -0.293 e. The molecule has 0 unspecified atom stereocenters. The Bertz CT molecular complexity index is 4020. The molecule has 0 saturated carbocycles. The fourth-order valence-electron chi connectivity index (χ4n) is 9.62. The number of fused-ring (bicyclic) bond motifs is 8. The predicted octanol–water partition coefficient (Wildman–Crippen LogP) is 20.3. The van der Waals surface area contributed by atoms with E-state index < -0.39 is 0 Å². The Balaban J connectivity index is 0.000000122.